The van der Waals surface area contributed by atoms with Crippen molar-refractivity contribution in [1.82, 2.24) is 14.3 Å². The Bertz CT molecular complexity index is 284. The molecular formula is C9H19N5S. The summed E-state index contributed by atoms with van der Waals surface area (Å²) < 4.78 is 3.92. The molecule has 0 radical (unpaired) electrons. The number of nitrogens with one attached hydrogen (secondary N) is 1. The number of likely N-dealkylation sites (N-methyl/N-ethyl adjacent to an activating group) is 1. The van der Waals surface area contributed by atoms with Crippen LogP contribution in [0.3, 0.4) is 0 Å². The zero-order valence-corrected chi connectivity index (χ0v) is 10.3. The maximum absolute atomic E-state index is 5.45. The van der Waals surface area contributed by atoms with Gasteiger partial charge in [-0.25, -0.2) is 0 Å². The van der Waals surface area contributed by atoms with Crippen molar-refractivity contribution in [2.75, 3.05) is 30.7 Å². The Balaban J connectivity index is 2.38. The Morgan fingerprint density at radius 2 is 2.13 bits per heavy atom. The van der Waals surface area contributed by atoms with Gasteiger partial charge in [0.25, 0.3) is 0 Å². The highest BCUT2D eigenvalue weighted by Gasteiger charge is 2.09. The van der Waals surface area contributed by atoms with E-state index in [1.807, 2.05) is 0 Å². The van der Waals surface area contributed by atoms with Crippen LogP contribution in [0.5, 0.6) is 0 Å². The average Bonchev–Trinajstić information content (AvgIpc) is 2.60. The van der Waals surface area contributed by atoms with E-state index in [0.717, 1.165) is 24.8 Å². The minimum Gasteiger partial charge on any atom is -0.367 e. The van der Waals surface area contributed by atoms with Crippen LogP contribution < -0.4 is 11.1 Å². The molecule has 0 aliphatic rings. The minimum atomic E-state index is 0.345. The number of nitrogens with zero attached hydrogens (tertiary/aromatic N) is 3. The van der Waals surface area contributed by atoms with Gasteiger partial charge in [0.15, 0.2) is 0 Å². The molecule has 1 heterocycles. The molecule has 1 unspecified atom stereocenters. The summed E-state index contributed by atoms with van der Waals surface area (Å²) in [5.41, 5.74) is 5.45. The third-order valence-electron chi connectivity index (χ3n) is 2.24. The molecule has 1 aromatic heterocycles. The van der Waals surface area contributed by atoms with Gasteiger partial charge >= 0.3 is 0 Å². The van der Waals surface area contributed by atoms with Crippen LogP contribution in [0.1, 0.15) is 20.8 Å². The first kappa shape index (κ1) is 12.2. The Morgan fingerprint density at radius 3 is 2.60 bits per heavy atom. The smallest absolute Gasteiger partial charge is 0.233 e. The summed E-state index contributed by atoms with van der Waals surface area (Å²) in [7, 11) is 0. The molecule has 86 valence electrons. The van der Waals surface area contributed by atoms with Crippen molar-refractivity contribution < 1.29 is 0 Å². The van der Waals surface area contributed by atoms with Crippen molar-refractivity contribution in [3.05, 3.63) is 0 Å². The summed E-state index contributed by atoms with van der Waals surface area (Å²) >= 11 is 1.30. The lowest BCUT2D eigenvalue weighted by Gasteiger charge is -2.22. The molecule has 6 heteroatoms. The van der Waals surface area contributed by atoms with E-state index in [0.29, 0.717) is 12.0 Å². The summed E-state index contributed by atoms with van der Waals surface area (Å²) in [6.07, 6.45) is 0. The lowest BCUT2D eigenvalue weighted by molar-refractivity contribution is 0.295. The number of nitrogen functional groups attached to an aromatic ring is 1. The first-order valence-corrected chi connectivity index (χ1v) is 6.01. The zero-order valence-electron chi connectivity index (χ0n) is 9.53. The quantitative estimate of drug-likeness (QED) is 0.769. The monoisotopic (exact) mass is 229 g/mol. The molecule has 0 fully saturated rings. The van der Waals surface area contributed by atoms with Crippen LogP contribution in [-0.2, 0) is 0 Å². The van der Waals surface area contributed by atoms with Crippen molar-refractivity contribution in [2.24, 2.45) is 0 Å². The predicted molar refractivity (Wildman–Crippen MR) is 65.2 cm³/mol. The molecular weight excluding hydrogens is 210 g/mol. The molecule has 0 aromatic carbocycles. The molecule has 1 rings (SSSR count). The summed E-state index contributed by atoms with van der Waals surface area (Å²) in [6.45, 7) is 9.61. The molecule has 15 heavy (non-hydrogen) atoms. The summed E-state index contributed by atoms with van der Waals surface area (Å²) in [5, 5.41) is 4.08. The van der Waals surface area contributed by atoms with E-state index in [1.54, 1.807) is 0 Å². The molecule has 1 atom stereocenters. The fourth-order valence-corrected chi connectivity index (χ4v) is 2.03. The molecule has 0 aliphatic carbocycles. The van der Waals surface area contributed by atoms with Gasteiger partial charge in [-0.05, 0) is 20.0 Å². The van der Waals surface area contributed by atoms with Gasteiger partial charge in [0.2, 0.25) is 11.1 Å². The van der Waals surface area contributed by atoms with Crippen molar-refractivity contribution in [3.63, 3.8) is 0 Å². The molecule has 0 saturated carbocycles. The molecule has 0 bridgehead atoms. The van der Waals surface area contributed by atoms with Crippen LogP contribution in [0.25, 0.3) is 0 Å². The van der Waals surface area contributed by atoms with Gasteiger partial charge in [0.1, 0.15) is 0 Å². The third kappa shape index (κ3) is 4.01. The van der Waals surface area contributed by atoms with Crippen LogP contribution in [0, 0.1) is 0 Å². The highest BCUT2D eigenvalue weighted by molar-refractivity contribution is 7.09. The molecule has 0 saturated heterocycles. The number of anilines is 2. The van der Waals surface area contributed by atoms with Gasteiger partial charge in [0, 0.05) is 24.1 Å². The second-order valence-corrected chi connectivity index (χ2v) is 4.24. The van der Waals surface area contributed by atoms with E-state index in [1.165, 1.54) is 11.5 Å². The number of nitrogens with two attached hydrogens (primary N) is 1. The topological polar surface area (TPSA) is 67.1 Å². The van der Waals surface area contributed by atoms with Crippen LogP contribution in [0.4, 0.5) is 11.1 Å². The Morgan fingerprint density at radius 1 is 1.47 bits per heavy atom. The highest BCUT2D eigenvalue weighted by atomic mass is 32.1. The predicted octanol–water partition coefficient (Wildman–Crippen LogP) is 1.26. The normalized spacial score (nSPS) is 13.1. The second-order valence-electron chi connectivity index (χ2n) is 3.49. The van der Waals surface area contributed by atoms with Crippen LogP contribution in [0.15, 0.2) is 0 Å². The molecule has 0 aliphatic heterocycles. The number of hydrogen-bond donors (Lipinski definition) is 2. The summed E-state index contributed by atoms with van der Waals surface area (Å²) in [4.78, 5) is 6.43. The van der Waals surface area contributed by atoms with Crippen molar-refractivity contribution in [2.45, 2.75) is 26.8 Å². The first-order chi connectivity index (χ1) is 7.15. The molecule has 1 aromatic rings. The SMILES string of the molecule is CCN(CC)CC(C)Nc1nc(N)ns1. The average molecular weight is 229 g/mol. The van der Waals surface area contributed by atoms with Crippen molar-refractivity contribution in [3.8, 4) is 0 Å². The van der Waals surface area contributed by atoms with Gasteiger partial charge in [0.05, 0.1) is 0 Å². The molecule has 5 nitrogen and oxygen atoms in total. The number of hydrogen-bond acceptors (Lipinski definition) is 6. The van der Waals surface area contributed by atoms with Gasteiger partial charge in [-0.2, -0.15) is 9.36 Å². The zero-order chi connectivity index (χ0) is 11.3. The standard InChI is InChI=1S/C9H19N5S/c1-4-14(5-2)6-7(3)11-9-12-8(10)13-15-9/h7H,4-6H2,1-3H3,(H3,10,11,12,13). The Labute approximate surface area is 94.9 Å². The summed E-state index contributed by atoms with van der Waals surface area (Å²) in [6, 6.07) is 0.359. The van der Waals surface area contributed by atoms with Crippen molar-refractivity contribution >= 4 is 22.6 Å². The molecule has 0 amide bonds. The lowest BCUT2D eigenvalue weighted by atomic mass is 10.3. The maximum atomic E-state index is 5.45. The maximum Gasteiger partial charge on any atom is 0.233 e. The van der Waals surface area contributed by atoms with Gasteiger partial charge in [-0.15, -0.1) is 0 Å². The first-order valence-electron chi connectivity index (χ1n) is 5.23. The van der Waals surface area contributed by atoms with Gasteiger partial charge in [-0.1, -0.05) is 13.8 Å². The van der Waals surface area contributed by atoms with E-state index in [9.17, 15) is 0 Å². The van der Waals surface area contributed by atoms with Gasteiger partial charge < -0.3 is 16.0 Å². The number of rotatable bonds is 6. The fraction of sp³-hybridized carbons (Fsp3) is 0.778. The summed E-state index contributed by atoms with van der Waals surface area (Å²) in [5.74, 6) is 0.345. The van der Waals surface area contributed by atoms with Crippen molar-refractivity contribution in [1.29, 1.82) is 0 Å². The molecule has 0 spiro atoms. The van der Waals surface area contributed by atoms with Crippen LogP contribution >= 0.6 is 11.5 Å². The largest absolute Gasteiger partial charge is 0.367 e. The fourth-order valence-electron chi connectivity index (χ4n) is 1.42. The van der Waals surface area contributed by atoms with E-state index < -0.39 is 0 Å². The number of aromatic nitrogens is 2. The molecule has 3 N–H and O–H groups in total. The Kier molecular flexibility index (Phi) is 4.77. The van der Waals surface area contributed by atoms with E-state index in [4.69, 9.17) is 5.73 Å². The minimum absolute atomic E-state index is 0.345. The highest BCUT2D eigenvalue weighted by Crippen LogP contribution is 2.13. The third-order valence-corrected chi connectivity index (χ3v) is 2.90. The second kappa shape index (κ2) is 5.87. The lowest BCUT2D eigenvalue weighted by Crippen LogP contribution is -2.34. The van der Waals surface area contributed by atoms with Gasteiger partial charge in [-0.3, -0.25) is 0 Å². The van der Waals surface area contributed by atoms with Crippen LogP contribution in [0.2, 0.25) is 0 Å². The van der Waals surface area contributed by atoms with E-state index >= 15 is 0 Å². The van der Waals surface area contributed by atoms with E-state index in [-0.39, 0.29) is 0 Å². The van der Waals surface area contributed by atoms with E-state index in [2.05, 4.69) is 40.3 Å². The Hall–Kier alpha value is -0.880. The van der Waals surface area contributed by atoms with Crippen LogP contribution in [-0.4, -0.2) is 39.9 Å².